The van der Waals surface area contributed by atoms with Gasteiger partial charge in [-0.1, -0.05) is 6.42 Å². The molecule has 1 aromatic rings. The third-order valence-corrected chi connectivity index (χ3v) is 4.56. The van der Waals surface area contributed by atoms with Gasteiger partial charge in [0.15, 0.2) is 0 Å². The average molecular weight is 269 g/mol. The fourth-order valence-corrected chi connectivity index (χ4v) is 3.58. The summed E-state index contributed by atoms with van der Waals surface area (Å²) in [4.78, 5) is 4.39. The van der Waals surface area contributed by atoms with Crippen LogP contribution >= 0.6 is 11.8 Å². The first-order valence-electron chi connectivity index (χ1n) is 6.68. The highest BCUT2D eigenvalue weighted by molar-refractivity contribution is 7.99. The standard InChI is InChI=1S/C13H23N3OS/c1-11(10-17-2)15-13-14-6-7-16(13)9-12-5-3-4-8-18-12/h6-7,11-12H,3-5,8-10H2,1-2H3,(H,14,15). The highest BCUT2D eigenvalue weighted by Crippen LogP contribution is 2.27. The van der Waals surface area contributed by atoms with Crippen molar-refractivity contribution in [1.29, 1.82) is 0 Å². The Bertz CT molecular complexity index is 350. The van der Waals surface area contributed by atoms with Crippen molar-refractivity contribution < 1.29 is 4.74 Å². The van der Waals surface area contributed by atoms with Crippen LogP contribution in [0.15, 0.2) is 12.4 Å². The number of rotatable bonds is 6. The van der Waals surface area contributed by atoms with Crippen molar-refractivity contribution in [2.75, 3.05) is 24.8 Å². The van der Waals surface area contributed by atoms with Crippen molar-refractivity contribution in [2.24, 2.45) is 0 Å². The first-order chi connectivity index (χ1) is 8.79. The van der Waals surface area contributed by atoms with Gasteiger partial charge in [-0.25, -0.2) is 4.98 Å². The SMILES string of the molecule is COCC(C)Nc1nccn1CC1CCCCS1. The summed E-state index contributed by atoms with van der Waals surface area (Å²) in [6.07, 6.45) is 8.01. The van der Waals surface area contributed by atoms with Crippen LogP contribution in [0.5, 0.6) is 0 Å². The third kappa shape index (κ3) is 3.92. The molecule has 1 aliphatic heterocycles. The topological polar surface area (TPSA) is 39.1 Å². The lowest BCUT2D eigenvalue weighted by Crippen LogP contribution is -2.25. The van der Waals surface area contributed by atoms with Crippen molar-refractivity contribution in [1.82, 2.24) is 9.55 Å². The van der Waals surface area contributed by atoms with E-state index in [0.29, 0.717) is 6.61 Å². The Kier molecular flexibility index (Phi) is 5.38. The van der Waals surface area contributed by atoms with Gasteiger partial charge in [-0.3, -0.25) is 0 Å². The number of aromatic nitrogens is 2. The van der Waals surface area contributed by atoms with Gasteiger partial charge in [0.1, 0.15) is 0 Å². The Morgan fingerprint density at radius 2 is 2.50 bits per heavy atom. The summed E-state index contributed by atoms with van der Waals surface area (Å²) in [6.45, 7) is 3.87. The van der Waals surface area contributed by atoms with E-state index in [-0.39, 0.29) is 6.04 Å². The molecule has 2 atom stereocenters. The van der Waals surface area contributed by atoms with E-state index in [2.05, 4.69) is 39.8 Å². The summed E-state index contributed by atoms with van der Waals surface area (Å²) >= 11 is 2.10. The van der Waals surface area contributed by atoms with Gasteiger partial charge in [0, 0.05) is 37.3 Å². The molecule has 5 heteroatoms. The maximum absolute atomic E-state index is 5.14. The van der Waals surface area contributed by atoms with Crippen LogP contribution < -0.4 is 5.32 Å². The van der Waals surface area contributed by atoms with Crippen LogP contribution in [0.4, 0.5) is 5.95 Å². The normalized spacial score (nSPS) is 21.8. The lowest BCUT2D eigenvalue weighted by molar-refractivity contribution is 0.190. The summed E-state index contributed by atoms with van der Waals surface area (Å²) in [6, 6.07) is 0.287. The van der Waals surface area contributed by atoms with E-state index >= 15 is 0 Å². The van der Waals surface area contributed by atoms with Gasteiger partial charge in [0.2, 0.25) is 5.95 Å². The molecule has 2 heterocycles. The second-order valence-corrected chi connectivity index (χ2v) is 6.30. The van der Waals surface area contributed by atoms with Gasteiger partial charge in [-0.05, 0) is 25.5 Å². The van der Waals surface area contributed by atoms with Gasteiger partial charge in [-0.15, -0.1) is 0 Å². The molecule has 0 bridgehead atoms. The molecule has 18 heavy (non-hydrogen) atoms. The van der Waals surface area contributed by atoms with Crippen LogP contribution in [0.2, 0.25) is 0 Å². The van der Waals surface area contributed by atoms with Gasteiger partial charge in [0.25, 0.3) is 0 Å². The van der Waals surface area contributed by atoms with E-state index in [4.69, 9.17) is 4.74 Å². The van der Waals surface area contributed by atoms with Crippen molar-refractivity contribution in [3.8, 4) is 0 Å². The Balaban J connectivity index is 1.90. The van der Waals surface area contributed by atoms with Gasteiger partial charge in [-0.2, -0.15) is 11.8 Å². The number of hydrogen-bond donors (Lipinski definition) is 1. The zero-order valence-electron chi connectivity index (χ0n) is 11.3. The van der Waals surface area contributed by atoms with E-state index in [0.717, 1.165) is 17.7 Å². The van der Waals surface area contributed by atoms with E-state index in [1.165, 1.54) is 25.0 Å². The minimum absolute atomic E-state index is 0.287. The maximum atomic E-state index is 5.14. The number of anilines is 1. The van der Waals surface area contributed by atoms with Crippen LogP contribution in [0.1, 0.15) is 26.2 Å². The lowest BCUT2D eigenvalue weighted by Gasteiger charge is -2.23. The van der Waals surface area contributed by atoms with Crippen molar-refractivity contribution >= 4 is 17.7 Å². The van der Waals surface area contributed by atoms with Crippen LogP contribution in [-0.4, -0.2) is 40.3 Å². The Labute approximate surface area is 114 Å². The maximum Gasteiger partial charge on any atom is 0.203 e. The van der Waals surface area contributed by atoms with Crippen LogP contribution in [-0.2, 0) is 11.3 Å². The largest absolute Gasteiger partial charge is 0.383 e. The number of methoxy groups -OCH3 is 1. The fourth-order valence-electron chi connectivity index (χ4n) is 2.28. The monoisotopic (exact) mass is 269 g/mol. The fraction of sp³-hybridized carbons (Fsp3) is 0.769. The van der Waals surface area contributed by atoms with Crippen LogP contribution in [0.3, 0.4) is 0 Å². The number of hydrogen-bond acceptors (Lipinski definition) is 4. The molecule has 1 saturated heterocycles. The molecule has 102 valence electrons. The lowest BCUT2D eigenvalue weighted by atomic mass is 10.2. The molecular weight excluding hydrogens is 246 g/mol. The van der Waals surface area contributed by atoms with Gasteiger partial charge < -0.3 is 14.6 Å². The minimum atomic E-state index is 0.287. The molecule has 2 unspecified atom stereocenters. The Hall–Kier alpha value is -0.680. The molecule has 0 aromatic carbocycles. The molecule has 1 fully saturated rings. The first kappa shape index (κ1) is 13.7. The number of ether oxygens (including phenoxy) is 1. The summed E-state index contributed by atoms with van der Waals surface area (Å²) in [7, 11) is 1.73. The molecule has 0 spiro atoms. The molecule has 0 saturated carbocycles. The van der Waals surface area contributed by atoms with Crippen LogP contribution in [0, 0.1) is 0 Å². The quantitative estimate of drug-likeness (QED) is 0.861. The number of nitrogens with one attached hydrogen (secondary N) is 1. The minimum Gasteiger partial charge on any atom is -0.383 e. The van der Waals surface area contributed by atoms with E-state index < -0.39 is 0 Å². The zero-order valence-corrected chi connectivity index (χ0v) is 12.1. The average Bonchev–Trinajstić information content (AvgIpc) is 2.78. The molecule has 0 amide bonds. The van der Waals surface area contributed by atoms with E-state index in [1.807, 2.05) is 6.20 Å². The van der Waals surface area contributed by atoms with E-state index in [1.54, 1.807) is 7.11 Å². The number of imidazole rings is 1. The van der Waals surface area contributed by atoms with Gasteiger partial charge >= 0.3 is 0 Å². The molecular formula is C13H23N3OS. The predicted molar refractivity (Wildman–Crippen MR) is 77.3 cm³/mol. The van der Waals surface area contributed by atoms with Crippen molar-refractivity contribution in [3.63, 3.8) is 0 Å². The molecule has 0 radical (unpaired) electrons. The summed E-state index contributed by atoms with van der Waals surface area (Å²) in [5.74, 6) is 2.27. The molecule has 1 N–H and O–H groups in total. The smallest absolute Gasteiger partial charge is 0.203 e. The molecule has 2 rings (SSSR count). The van der Waals surface area contributed by atoms with Crippen LogP contribution in [0.25, 0.3) is 0 Å². The second kappa shape index (κ2) is 7.04. The number of nitrogens with zero attached hydrogens (tertiary/aromatic N) is 2. The zero-order chi connectivity index (χ0) is 12.8. The molecule has 1 aliphatic rings. The van der Waals surface area contributed by atoms with E-state index in [9.17, 15) is 0 Å². The predicted octanol–water partition coefficient (Wildman–Crippen LogP) is 2.62. The van der Waals surface area contributed by atoms with Crippen molar-refractivity contribution in [2.45, 2.75) is 44.0 Å². The Morgan fingerprint density at radius 3 is 3.22 bits per heavy atom. The summed E-state index contributed by atoms with van der Waals surface area (Å²) in [5, 5.41) is 4.14. The Morgan fingerprint density at radius 1 is 1.61 bits per heavy atom. The van der Waals surface area contributed by atoms with Crippen molar-refractivity contribution in [3.05, 3.63) is 12.4 Å². The second-order valence-electron chi connectivity index (χ2n) is 4.89. The number of thioether (sulfide) groups is 1. The summed E-state index contributed by atoms with van der Waals surface area (Å²) in [5.41, 5.74) is 0. The highest BCUT2D eigenvalue weighted by Gasteiger charge is 2.16. The molecule has 4 nitrogen and oxygen atoms in total. The molecule has 0 aliphatic carbocycles. The first-order valence-corrected chi connectivity index (χ1v) is 7.72. The highest BCUT2D eigenvalue weighted by atomic mass is 32.2. The summed E-state index contributed by atoms with van der Waals surface area (Å²) < 4.78 is 7.37. The molecule has 1 aromatic heterocycles. The van der Waals surface area contributed by atoms with Gasteiger partial charge in [0.05, 0.1) is 6.61 Å². The third-order valence-electron chi connectivity index (χ3n) is 3.18.